The van der Waals surface area contributed by atoms with Crippen molar-refractivity contribution >= 4 is 5.82 Å². The van der Waals surface area contributed by atoms with E-state index in [4.69, 9.17) is 4.74 Å². The number of hydrogen-bond donors (Lipinski definition) is 1. The van der Waals surface area contributed by atoms with Crippen molar-refractivity contribution < 1.29 is 4.74 Å². The highest BCUT2D eigenvalue weighted by Crippen LogP contribution is 2.20. The molecule has 1 heterocycles. The molecule has 1 N–H and O–H groups in total. The standard InChI is InChI=1S/C11H19N3O2/c1-5-14(6-8(2)3)10-9(16-4)11(15)13-7-12-10/h7-8H,5-6H2,1-4H3,(H,12,13,15). The second kappa shape index (κ2) is 5.53. The van der Waals surface area contributed by atoms with E-state index in [1.165, 1.54) is 13.4 Å². The third-order valence-corrected chi connectivity index (χ3v) is 2.26. The lowest BCUT2D eigenvalue weighted by molar-refractivity contribution is 0.404. The van der Waals surface area contributed by atoms with E-state index in [-0.39, 0.29) is 11.3 Å². The smallest absolute Gasteiger partial charge is 0.295 e. The molecule has 0 atom stereocenters. The third kappa shape index (κ3) is 2.74. The van der Waals surface area contributed by atoms with Crippen molar-refractivity contribution in [1.29, 1.82) is 0 Å². The Bertz CT molecular complexity index is 387. The van der Waals surface area contributed by atoms with Crippen LogP contribution in [0.1, 0.15) is 20.8 Å². The molecule has 0 aliphatic rings. The molecule has 0 spiro atoms. The lowest BCUT2D eigenvalue weighted by Crippen LogP contribution is -2.30. The van der Waals surface area contributed by atoms with Gasteiger partial charge in [-0.25, -0.2) is 4.98 Å². The van der Waals surface area contributed by atoms with Gasteiger partial charge in [-0.2, -0.15) is 0 Å². The number of anilines is 1. The first-order chi connectivity index (χ1) is 7.60. The summed E-state index contributed by atoms with van der Waals surface area (Å²) in [6.45, 7) is 7.93. The molecule has 0 unspecified atom stereocenters. The highest BCUT2D eigenvalue weighted by atomic mass is 16.5. The molecule has 0 amide bonds. The van der Waals surface area contributed by atoms with Gasteiger partial charge in [0.15, 0.2) is 5.82 Å². The van der Waals surface area contributed by atoms with Crippen LogP contribution in [0.5, 0.6) is 5.75 Å². The summed E-state index contributed by atoms with van der Waals surface area (Å²) in [5.41, 5.74) is -0.241. The van der Waals surface area contributed by atoms with Gasteiger partial charge in [-0.05, 0) is 12.8 Å². The molecule has 0 aliphatic carbocycles. The largest absolute Gasteiger partial charge is 0.489 e. The maximum Gasteiger partial charge on any atom is 0.295 e. The monoisotopic (exact) mass is 225 g/mol. The molecule has 90 valence electrons. The van der Waals surface area contributed by atoms with E-state index in [1.54, 1.807) is 0 Å². The molecule has 1 aromatic heterocycles. The van der Waals surface area contributed by atoms with E-state index in [0.29, 0.717) is 11.7 Å². The molecule has 0 bridgehead atoms. The highest BCUT2D eigenvalue weighted by molar-refractivity contribution is 5.50. The summed E-state index contributed by atoms with van der Waals surface area (Å²) in [5.74, 6) is 1.40. The Kier molecular flexibility index (Phi) is 4.34. The molecule has 0 saturated carbocycles. The summed E-state index contributed by atoms with van der Waals surface area (Å²) in [5, 5.41) is 0. The molecule has 1 aromatic rings. The molecule has 16 heavy (non-hydrogen) atoms. The van der Waals surface area contributed by atoms with E-state index in [2.05, 4.69) is 23.8 Å². The van der Waals surface area contributed by atoms with Crippen LogP contribution in [-0.2, 0) is 0 Å². The van der Waals surface area contributed by atoms with Crippen LogP contribution in [0.4, 0.5) is 5.82 Å². The van der Waals surface area contributed by atoms with E-state index >= 15 is 0 Å². The number of H-pyrrole nitrogens is 1. The molecular weight excluding hydrogens is 206 g/mol. The van der Waals surface area contributed by atoms with Crippen LogP contribution >= 0.6 is 0 Å². The molecule has 0 aromatic carbocycles. The number of nitrogens with one attached hydrogen (secondary N) is 1. The molecule has 0 aliphatic heterocycles. The van der Waals surface area contributed by atoms with Crippen LogP contribution in [-0.4, -0.2) is 30.2 Å². The first-order valence-corrected chi connectivity index (χ1v) is 5.46. The molecule has 5 heteroatoms. The minimum Gasteiger partial charge on any atom is -0.489 e. The summed E-state index contributed by atoms with van der Waals surface area (Å²) >= 11 is 0. The zero-order valence-electron chi connectivity index (χ0n) is 10.3. The number of hydrogen-bond acceptors (Lipinski definition) is 4. The second-order valence-electron chi connectivity index (χ2n) is 4.02. The van der Waals surface area contributed by atoms with Crippen LogP contribution in [0.15, 0.2) is 11.1 Å². The Morgan fingerprint density at radius 3 is 2.75 bits per heavy atom. The molecule has 0 fully saturated rings. The summed E-state index contributed by atoms with van der Waals surface area (Å²) in [6.07, 6.45) is 1.41. The lowest BCUT2D eigenvalue weighted by atomic mass is 10.2. The van der Waals surface area contributed by atoms with Gasteiger partial charge in [-0.15, -0.1) is 0 Å². The van der Waals surface area contributed by atoms with Crippen molar-refractivity contribution in [3.05, 3.63) is 16.7 Å². The van der Waals surface area contributed by atoms with Gasteiger partial charge < -0.3 is 14.6 Å². The number of aromatic nitrogens is 2. The Labute approximate surface area is 95.5 Å². The van der Waals surface area contributed by atoms with Gasteiger partial charge in [-0.1, -0.05) is 13.8 Å². The van der Waals surface area contributed by atoms with Gasteiger partial charge in [0.1, 0.15) is 0 Å². The van der Waals surface area contributed by atoms with Crippen molar-refractivity contribution in [3.63, 3.8) is 0 Å². The van der Waals surface area contributed by atoms with Crippen LogP contribution in [0.3, 0.4) is 0 Å². The quantitative estimate of drug-likeness (QED) is 0.819. The molecule has 0 radical (unpaired) electrons. The zero-order valence-corrected chi connectivity index (χ0v) is 10.3. The number of aromatic amines is 1. The summed E-state index contributed by atoms with van der Waals surface area (Å²) < 4.78 is 5.09. The third-order valence-electron chi connectivity index (χ3n) is 2.26. The fourth-order valence-electron chi connectivity index (χ4n) is 1.59. The van der Waals surface area contributed by atoms with Gasteiger partial charge in [0, 0.05) is 13.1 Å². The Hall–Kier alpha value is -1.52. The fourth-order valence-corrected chi connectivity index (χ4v) is 1.59. The SMILES string of the molecule is CCN(CC(C)C)c1nc[nH]c(=O)c1OC. The first kappa shape index (κ1) is 12.5. The summed E-state index contributed by atoms with van der Waals surface area (Å²) in [4.78, 5) is 20.3. The zero-order chi connectivity index (χ0) is 12.1. The molecular formula is C11H19N3O2. The maximum absolute atomic E-state index is 11.5. The Balaban J connectivity index is 3.09. The number of nitrogens with zero attached hydrogens (tertiary/aromatic N) is 2. The van der Waals surface area contributed by atoms with Gasteiger partial charge >= 0.3 is 0 Å². The normalized spacial score (nSPS) is 10.6. The molecule has 1 rings (SSSR count). The van der Waals surface area contributed by atoms with E-state index in [9.17, 15) is 4.79 Å². The maximum atomic E-state index is 11.5. The lowest BCUT2D eigenvalue weighted by Gasteiger charge is -2.24. The van der Waals surface area contributed by atoms with Crippen molar-refractivity contribution in [2.45, 2.75) is 20.8 Å². The van der Waals surface area contributed by atoms with Crippen LogP contribution in [0.2, 0.25) is 0 Å². The number of rotatable bonds is 5. The van der Waals surface area contributed by atoms with Gasteiger partial charge in [0.05, 0.1) is 13.4 Å². The molecule has 0 saturated heterocycles. The van der Waals surface area contributed by atoms with Crippen LogP contribution in [0, 0.1) is 5.92 Å². The highest BCUT2D eigenvalue weighted by Gasteiger charge is 2.15. The molecule has 5 nitrogen and oxygen atoms in total. The summed E-state index contributed by atoms with van der Waals surface area (Å²) in [6, 6.07) is 0. The predicted molar refractivity (Wildman–Crippen MR) is 64.1 cm³/mol. The number of ether oxygens (including phenoxy) is 1. The summed E-state index contributed by atoms with van der Waals surface area (Å²) in [7, 11) is 1.49. The van der Waals surface area contributed by atoms with Crippen LogP contribution in [0.25, 0.3) is 0 Å². The van der Waals surface area contributed by atoms with E-state index in [1.807, 2.05) is 11.8 Å². The average Bonchev–Trinajstić information content (AvgIpc) is 2.25. The number of methoxy groups -OCH3 is 1. The van der Waals surface area contributed by atoms with Gasteiger partial charge in [0.25, 0.3) is 5.56 Å². The second-order valence-corrected chi connectivity index (χ2v) is 4.02. The van der Waals surface area contributed by atoms with Gasteiger partial charge in [0.2, 0.25) is 5.75 Å². The van der Waals surface area contributed by atoms with Crippen molar-refractivity contribution in [1.82, 2.24) is 9.97 Å². The minimum absolute atomic E-state index is 0.241. The Morgan fingerprint density at radius 2 is 2.25 bits per heavy atom. The van der Waals surface area contributed by atoms with Crippen molar-refractivity contribution in [2.75, 3.05) is 25.1 Å². The Morgan fingerprint density at radius 1 is 1.56 bits per heavy atom. The van der Waals surface area contributed by atoms with Crippen molar-refractivity contribution in [3.8, 4) is 5.75 Å². The minimum atomic E-state index is -0.241. The van der Waals surface area contributed by atoms with Gasteiger partial charge in [-0.3, -0.25) is 4.79 Å². The topological polar surface area (TPSA) is 58.2 Å². The predicted octanol–water partition coefficient (Wildman–Crippen LogP) is 1.26. The van der Waals surface area contributed by atoms with E-state index in [0.717, 1.165) is 13.1 Å². The fraction of sp³-hybridized carbons (Fsp3) is 0.636. The van der Waals surface area contributed by atoms with Crippen LogP contribution < -0.4 is 15.2 Å². The van der Waals surface area contributed by atoms with E-state index < -0.39 is 0 Å². The first-order valence-electron chi connectivity index (χ1n) is 5.46. The average molecular weight is 225 g/mol. The van der Waals surface area contributed by atoms with Crippen molar-refractivity contribution in [2.24, 2.45) is 5.92 Å².